The number of amides is 1. The number of anilines is 1. The molecule has 0 fully saturated rings. The molecule has 0 aromatic carbocycles. The highest BCUT2D eigenvalue weighted by Crippen LogP contribution is 2.06. The minimum Gasteiger partial charge on any atom is -0.325 e. The van der Waals surface area contributed by atoms with E-state index in [2.05, 4.69) is 20.3 Å². The lowest BCUT2D eigenvalue weighted by molar-refractivity contribution is -0.114. The number of aromatic nitrogens is 4. The number of nitrogens with one attached hydrogen (secondary N) is 2. The van der Waals surface area contributed by atoms with Crippen molar-refractivity contribution >= 4 is 23.0 Å². The molecule has 0 aliphatic heterocycles. The normalized spacial score (nSPS) is 10.6. The number of carbonyl (C=O) groups excluding carboxylic acids is 1. The topological polar surface area (TPSA) is 92.7 Å². The lowest BCUT2D eigenvalue weighted by Gasteiger charge is -2.01. The van der Waals surface area contributed by atoms with Crippen LogP contribution in [-0.2, 0) is 11.3 Å². The molecule has 0 saturated carbocycles. The van der Waals surface area contributed by atoms with Crippen LogP contribution in [0.5, 0.6) is 0 Å². The van der Waals surface area contributed by atoms with Gasteiger partial charge in [-0.1, -0.05) is 0 Å². The summed E-state index contributed by atoms with van der Waals surface area (Å²) in [6.45, 7) is 3.89. The summed E-state index contributed by atoms with van der Waals surface area (Å²) in [5.41, 5.74) is 0.430. The number of fused-ring (bicyclic) bond motifs is 1. The van der Waals surface area contributed by atoms with Crippen LogP contribution < -0.4 is 10.9 Å². The van der Waals surface area contributed by atoms with Crippen LogP contribution >= 0.6 is 0 Å². The van der Waals surface area contributed by atoms with E-state index in [4.69, 9.17) is 0 Å². The van der Waals surface area contributed by atoms with E-state index in [1.807, 2.05) is 6.92 Å². The SMILES string of the molecule is CCn1cnc2nc(NC(C)=O)[nH]c(=O)c21. The molecule has 0 bridgehead atoms. The Balaban J connectivity index is 2.61. The lowest BCUT2D eigenvalue weighted by Crippen LogP contribution is -2.17. The van der Waals surface area contributed by atoms with Gasteiger partial charge in [-0.05, 0) is 6.92 Å². The third kappa shape index (κ3) is 1.67. The molecule has 0 unspecified atom stereocenters. The summed E-state index contributed by atoms with van der Waals surface area (Å²) in [4.78, 5) is 33.0. The molecule has 0 aliphatic rings. The molecule has 2 aromatic heterocycles. The van der Waals surface area contributed by atoms with E-state index >= 15 is 0 Å². The number of imidazole rings is 1. The maximum absolute atomic E-state index is 11.7. The van der Waals surface area contributed by atoms with Crippen molar-refractivity contribution < 1.29 is 4.79 Å². The van der Waals surface area contributed by atoms with Gasteiger partial charge < -0.3 is 4.57 Å². The van der Waals surface area contributed by atoms with Crippen molar-refractivity contribution in [2.75, 3.05) is 5.32 Å². The Hall–Kier alpha value is -2.18. The maximum Gasteiger partial charge on any atom is 0.278 e. The molecule has 84 valence electrons. The van der Waals surface area contributed by atoms with Crippen LogP contribution in [0.2, 0.25) is 0 Å². The van der Waals surface area contributed by atoms with Crippen molar-refractivity contribution in [2.45, 2.75) is 20.4 Å². The van der Waals surface area contributed by atoms with Crippen LogP contribution in [0.4, 0.5) is 5.95 Å². The fourth-order valence-corrected chi connectivity index (χ4v) is 1.45. The Bertz CT molecular complexity index is 597. The third-order valence-corrected chi connectivity index (χ3v) is 2.12. The zero-order chi connectivity index (χ0) is 11.7. The highest BCUT2D eigenvalue weighted by atomic mass is 16.1. The van der Waals surface area contributed by atoms with Crippen molar-refractivity contribution in [1.29, 1.82) is 0 Å². The maximum atomic E-state index is 11.7. The number of hydrogen-bond donors (Lipinski definition) is 2. The Morgan fingerprint density at radius 3 is 3.00 bits per heavy atom. The van der Waals surface area contributed by atoms with E-state index in [1.165, 1.54) is 6.92 Å². The second-order valence-electron chi connectivity index (χ2n) is 3.30. The van der Waals surface area contributed by atoms with Crippen molar-refractivity contribution in [3.63, 3.8) is 0 Å². The van der Waals surface area contributed by atoms with Gasteiger partial charge >= 0.3 is 0 Å². The van der Waals surface area contributed by atoms with E-state index in [1.54, 1.807) is 10.9 Å². The first-order chi connectivity index (χ1) is 7.61. The molecular weight excluding hydrogens is 210 g/mol. The first kappa shape index (κ1) is 10.3. The molecule has 0 aliphatic carbocycles. The van der Waals surface area contributed by atoms with Gasteiger partial charge in [-0.15, -0.1) is 0 Å². The van der Waals surface area contributed by atoms with E-state index in [-0.39, 0.29) is 17.4 Å². The van der Waals surface area contributed by atoms with E-state index in [9.17, 15) is 9.59 Å². The van der Waals surface area contributed by atoms with Gasteiger partial charge in [0, 0.05) is 13.5 Å². The van der Waals surface area contributed by atoms with Gasteiger partial charge in [0.2, 0.25) is 11.9 Å². The molecule has 0 saturated heterocycles. The molecule has 7 heteroatoms. The Labute approximate surface area is 90.5 Å². The molecule has 2 N–H and O–H groups in total. The largest absolute Gasteiger partial charge is 0.325 e. The van der Waals surface area contributed by atoms with Crippen LogP contribution in [0.3, 0.4) is 0 Å². The molecule has 2 rings (SSSR count). The molecule has 0 atom stereocenters. The van der Waals surface area contributed by atoms with Crippen LogP contribution in [0.25, 0.3) is 11.2 Å². The van der Waals surface area contributed by atoms with Crippen LogP contribution in [0.1, 0.15) is 13.8 Å². The smallest absolute Gasteiger partial charge is 0.278 e. The van der Waals surface area contributed by atoms with Gasteiger partial charge in [-0.2, -0.15) is 4.98 Å². The van der Waals surface area contributed by atoms with Crippen LogP contribution in [0.15, 0.2) is 11.1 Å². The molecule has 0 radical (unpaired) electrons. The second-order valence-corrected chi connectivity index (χ2v) is 3.30. The Kier molecular flexibility index (Phi) is 2.43. The molecule has 2 aromatic rings. The summed E-state index contributed by atoms with van der Waals surface area (Å²) >= 11 is 0. The zero-order valence-electron chi connectivity index (χ0n) is 8.94. The first-order valence-electron chi connectivity index (χ1n) is 4.84. The first-order valence-corrected chi connectivity index (χ1v) is 4.84. The molecular formula is C9H11N5O2. The zero-order valence-corrected chi connectivity index (χ0v) is 8.94. The van der Waals surface area contributed by atoms with Gasteiger partial charge in [-0.25, -0.2) is 4.98 Å². The molecule has 2 heterocycles. The van der Waals surface area contributed by atoms with Gasteiger partial charge in [-0.3, -0.25) is 19.9 Å². The fourth-order valence-electron chi connectivity index (χ4n) is 1.45. The number of carbonyl (C=O) groups is 1. The molecule has 1 amide bonds. The van der Waals surface area contributed by atoms with Gasteiger partial charge in [0.1, 0.15) is 0 Å². The number of rotatable bonds is 2. The van der Waals surface area contributed by atoms with Crippen LogP contribution in [0, 0.1) is 0 Å². The highest BCUT2D eigenvalue weighted by Gasteiger charge is 2.09. The highest BCUT2D eigenvalue weighted by molar-refractivity contribution is 5.87. The Morgan fingerprint density at radius 2 is 2.38 bits per heavy atom. The lowest BCUT2D eigenvalue weighted by atomic mass is 10.5. The van der Waals surface area contributed by atoms with E-state index in [0.717, 1.165) is 0 Å². The van der Waals surface area contributed by atoms with Gasteiger partial charge in [0.25, 0.3) is 5.56 Å². The molecule has 0 spiro atoms. The third-order valence-electron chi connectivity index (χ3n) is 2.12. The summed E-state index contributed by atoms with van der Waals surface area (Å²) in [6, 6.07) is 0. The van der Waals surface area contributed by atoms with Crippen molar-refractivity contribution in [1.82, 2.24) is 19.5 Å². The second kappa shape index (κ2) is 3.76. The average molecular weight is 221 g/mol. The predicted octanol–water partition coefficient (Wildman–Crippen LogP) is 0.0979. The molecule has 7 nitrogen and oxygen atoms in total. The monoisotopic (exact) mass is 221 g/mol. The number of hydrogen-bond acceptors (Lipinski definition) is 4. The number of H-pyrrole nitrogens is 1. The summed E-state index contributed by atoms with van der Waals surface area (Å²) in [5, 5.41) is 2.41. The minimum absolute atomic E-state index is 0.117. The van der Waals surface area contributed by atoms with Gasteiger partial charge in [0.15, 0.2) is 11.2 Å². The summed E-state index contributed by atoms with van der Waals surface area (Å²) in [7, 11) is 0. The van der Waals surface area contributed by atoms with Crippen molar-refractivity contribution in [3.05, 3.63) is 16.7 Å². The summed E-state index contributed by atoms with van der Waals surface area (Å²) in [6.07, 6.45) is 1.55. The fraction of sp³-hybridized carbons (Fsp3) is 0.333. The predicted molar refractivity (Wildman–Crippen MR) is 58.1 cm³/mol. The standard InChI is InChI=1S/C9H11N5O2/c1-3-14-4-10-7-6(14)8(16)13-9(12-7)11-5(2)15/h4H,3H2,1-2H3,(H2,11,12,13,15,16). The van der Waals surface area contributed by atoms with Crippen molar-refractivity contribution in [3.8, 4) is 0 Å². The van der Waals surface area contributed by atoms with Crippen molar-refractivity contribution in [2.24, 2.45) is 0 Å². The minimum atomic E-state index is -0.312. The average Bonchev–Trinajstić information content (AvgIpc) is 2.59. The van der Waals surface area contributed by atoms with Gasteiger partial charge in [0.05, 0.1) is 6.33 Å². The summed E-state index contributed by atoms with van der Waals surface area (Å²) in [5.74, 6) is -0.177. The number of aromatic amines is 1. The summed E-state index contributed by atoms with van der Waals surface area (Å²) < 4.78 is 1.69. The molecule has 16 heavy (non-hydrogen) atoms. The van der Waals surface area contributed by atoms with E-state index < -0.39 is 0 Å². The number of aryl methyl sites for hydroxylation is 1. The Morgan fingerprint density at radius 1 is 1.62 bits per heavy atom. The van der Waals surface area contributed by atoms with E-state index in [0.29, 0.717) is 17.7 Å². The number of nitrogens with zero attached hydrogens (tertiary/aromatic N) is 3. The quantitative estimate of drug-likeness (QED) is 0.752. The van der Waals surface area contributed by atoms with Crippen LogP contribution in [-0.4, -0.2) is 25.4 Å².